The largest absolute Gasteiger partial charge is 0.379 e. The van der Waals surface area contributed by atoms with E-state index in [1.807, 2.05) is 33.8 Å². The summed E-state index contributed by atoms with van der Waals surface area (Å²) >= 11 is 0. The van der Waals surface area contributed by atoms with Crippen LogP contribution in [0.25, 0.3) is 0 Å². The molecule has 134 valence electrons. The molecule has 0 spiro atoms. The van der Waals surface area contributed by atoms with Gasteiger partial charge in [0, 0.05) is 30.5 Å². The van der Waals surface area contributed by atoms with Crippen LogP contribution in [0, 0.1) is 19.8 Å². The summed E-state index contributed by atoms with van der Waals surface area (Å²) in [6, 6.07) is 1.85. The van der Waals surface area contributed by atoms with Crippen LogP contribution in [-0.2, 0) is 11.2 Å². The van der Waals surface area contributed by atoms with Gasteiger partial charge in [0.15, 0.2) is 0 Å². The minimum atomic E-state index is -0.165. The molecule has 1 saturated heterocycles. The number of aromatic nitrogens is 3. The Morgan fingerprint density at radius 1 is 1.36 bits per heavy atom. The van der Waals surface area contributed by atoms with E-state index in [-0.39, 0.29) is 23.8 Å². The maximum absolute atomic E-state index is 12.6. The van der Waals surface area contributed by atoms with Gasteiger partial charge in [0.05, 0.1) is 36.2 Å². The normalized spacial score (nSPS) is 20.2. The van der Waals surface area contributed by atoms with Gasteiger partial charge in [-0.2, -0.15) is 0 Å². The fourth-order valence-electron chi connectivity index (χ4n) is 2.96. The van der Waals surface area contributed by atoms with Gasteiger partial charge in [0.2, 0.25) is 0 Å². The van der Waals surface area contributed by atoms with Crippen molar-refractivity contribution in [2.24, 2.45) is 5.92 Å². The Hall–Kier alpha value is -2.28. The molecule has 1 aliphatic heterocycles. The molecule has 0 radical (unpaired) electrons. The maximum Gasteiger partial charge on any atom is 0.255 e. The Labute approximate surface area is 147 Å². The zero-order valence-corrected chi connectivity index (χ0v) is 15.1. The molecule has 0 aliphatic carbocycles. The molecular weight excluding hydrogens is 320 g/mol. The number of carbonyl (C=O) groups excluding carboxylic acids is 1. The smallest absolute Gasteiger partial charge is 0.255 e. The number of nitrogens with one attached hydrogen (secondary N) is 1. The van der Waals surface area contributed by atoms with Gasteiger partial charge in [-0.25, -0.2) is 9.97 Å². The molecule has 1 N–H and O–H groups in total. The number of ether oxygens (including phenoxy) is 1. The number of amides is 1. The minimum Gasteiger partial charge on any atom is -0.379 e. The molecule has 0 saturated carbocycles. The van der Waals surface area contributed by atoms with E-state index >= 15 is 0 Å². The molecule has 0 unspecified atom stereocenters. The van der Waals surface area contributed by atoms with Gasteiger partial charge in [-0.3, -0.25) is 4.79 Å². The molecule has 25 heavy (non-hydrogen) atoms. The van der Waals surface area contributed by atoms with E-state index in [0.717, 1.165) is 17.3 Å². The Bertz CT molecular complexity index is 757. The van der Waals surface area contributed by atoms with Gasteiger partial charge in [-0.1, -0.05) is 19.0 Å². The zero-order valence-electron chi connectivity index (χ0n) is 15.1. The molecule has 3 rings (SSSR count). The highest BCUT2D eigenvalue weighted by molar-refractivity contribution is 5.95. The van der Waals surface area contributed by atoms with Crippen LogP contribution < -0.4 is 5.32 Å². The first-order chi connectivity index (χ1) is 11.9. The molecule has 0 bridgehead atoms. The fourth-order valence-corrected chi connectivity index (χ4v) is 2.96. The van der Waals surface area contributed by atoms with Crippen LogP contribution in [0.2, 0.25) is 0 Å². The lowest BCUT2D eigenvalue weighted by atomic mass is 9.98. The molecule has 7 nitrogen and oxygen atoms in total. The summed E-state index contributed by atoms with van der Waals surface area (Å²) in [6.07, 6.45) is 2.30. The number of hydrogen-bond donors (Lipinski definition) is 1. The Morgan fingerprint density at radius 2 is 2.16 bits per heavy atom. The van der Waals surface area contributed by atoms with Crippen LogP contribution in [0.3, 0.4) is 0 Å². The van der Waals surface area contributed by atoms with E-state index in [2.05, 4.69) is 20.4 Å². The summed E-state index contributed by atoms with van der Waals surface area (Å²) < 4.78 is 10.8. The average Bonchev–Trinajstić information content (AvgIpc) is 3.16. The average molecular weight is 344 g/mol. The Kier molecular flexibility index (Phi) is 5.13. The molecule has 2 aromatic rings. The van der Waals surface area contributed by atoms with Crippen molar-refractivity contribution in [3.8, 4) is 0 Å². The van der Waals surface area contributed by atoms with Crippen LogP contribution in [-0.4, -0.2) is 40.3 Å². The van der Waals surface area contributed by atoms with Crippen molar-refractivity contribution in [3.63, 3.8) is 0 Å². The van der Waals surface area contributed by atoms with Crippen molar-refractivity contribution in [1.82, 2.24) is 20.4 Å². The number of rotatable bonds is 5. The van der Waals surface area contributed by atoms with Gasteiger partial charge in [0.25, 0.3) is 5.91 Å². The highest BCUT2D eigenvalue weighted by Crippen LogP contribution is 2.20. The summed E-state index contributed by atoms with van der Waals surface area (Å²) in [5.74, 6) is 1.79. The second-order valence-electron chi connectivity index (χ2n) is 6.90. The minimum absolute atomic E-state index is 0.0675. The van der Waals surface area contributed by atoms with E-state index in [0.29, 0.717) is 30.9 Å². The third-order valence-electron chi connectivity index (χ3n) is 4.41. The SMILES string of the molecule is Cc1cc(C[C@@H]2COC[C@@H]2NC(=O)c2cnc(C(C)C)nc2C)on1. The highest BCUT2D eigenvalue weighted by Gasteiger charge is 2.31. The summed E-state index contributed by atoms with van der Waals surface area (Å²) in [6.45, 7) is 8.86. The molecule has 1 amide bonds. The van der Waals surface area contributed by atoms with Gasteiger partial charge >= 0.3 is 0 Å². The quantitative estimate of drug-likeness (QED) is 0.894. The number of hydrogen-bond acceptors (Lipinski definition) is 6. The second-order valence-corrected chi connectivity index (χ2v) is 6.90. The first-order valence-corrected chi connectivity index (χ1v) is 8.58. The molecule has 0 aromatic carbocycles. The lowest BCUT2D eigenvalue weighted by Gasteiger charge is -2.18. The predicted molar refractivity (Wildman–Crippen MR) is 91.4 cm³/mol. The van der Waals surface area contributed by atoms with Crippen molar-refractivity contribution in [3.05, 3.63) is 40.8 Å². The van der Waals surface area contributed by atoms with E-state index < -0.39 is 0 Å². The summed E-state index contributed by atoms with van der Waals surface area (Å²) in [5, 5.41) is 6.96. The molecule has 2 atom stereocenters. The zero-order chi connectivity index (χ0) is 18.0. The van der Waals surface area contributed by atoms with Gasteiger partial charge < -0.3 is 14.6 Å². The standard InChI is InChI=1S/C18H24N4O3/c1-10(2)17-19-7-15(12(4)20-17)18(23)21-16-9-24-8-13(16)6-14-5-11(3)22-25-14/h5,7,10,13,16H,6,8-9H2,1-4H3,(H,21,23)/t13-,16+/m1/s1. The van der Waals surface area contributed by atoms with Crippen LogP contribution >= 0.6 is 0 Å². The number of nitrogens with zero attached hydrogens (tertiary/aromatic N) is 3. The molecule has 1 fully saturated rings. The lowest BCUT2D eigenvalue weighted by Crippen LogP contribution is -2.41. The van der Waals surface area contributed by atoms with E-state index in [1.54, 1.807) is 6.20 Å². The highest BCUT2D eigenvalue weighted by atomic mass is 16.5. The molecule has 7 heteroatoms. The van der Waals surface area contributed by atoms with Crippen molar-refractivity contribution in [2.75, 3.05) is 13.2 Å². The molecule has 1 aliphatic rings. The predicted octanol–water partition coefficient (Wildman–Crippen LogP) is 2.19. The topological polar surface area (TPSA) is 90.1 Å². The first-order valence-electron chi connectivity index (χ1n) is 8.58. The molecular formula is C18H24N4O3. The monoisotopic (exact) mass is 344 g/mol. The van der Waals surface area contributed by atoms with Crippen molar-refractivity contribution in [2.45, 2.75) is 46.1 Å². The van der Waals surface area contributed by atoms with Gasteiger partial charge in [0.1, 0.15) is 11.6 Å². The van der Waals surface area contributed by atoms with Crippen LogP contribution in [0.1, 0.15) is 53.1 Å². The van der Waals surface area contributed by atoms with Gasteiger partial charge in [-0.05, 0) is 13.8 Å². The molecule has 2 aromatic heterocycles. The number of aryl methyl sites for hydroxylation is 2. The maximum atomic E-state index is 12.6. The van der Waals surface area contributed by atoms with Crippen LogP contribution in [0.4, 0.5) is 0 Å². The third kappa shape index (κ3) is 4.04. The third-order valence-corrected chi connectivity index (χ3v) is 4.41. The van der Waals surface area contributed by atoms with Crippen molar-refractivity contribution >= 4 is 5.91 Å². The second kappa shape index (κ2) is 7.31. The summed E-state index contributed by atoms with van der Waals surface area (Å²) in [4.78, 5) is 21.4. The van der Waals surface area contributed by atoms with Crippen LogP contribution in [0.5, 0.6) is 0 Å². The summed E-state index contributed by atoms with van der Waals surface area (Å²) in [5.41, 5.74) is 2.05. The van der Waals surface area contributed by atoms with E-state index in [4.69, 9.17) is 9.26 Å². The Morgan fingerprint density at radius 3 is 2.80 bits per heavy atom. The van der Waals surface area contributed by atoms with E-state index in [9.17, 15) is 4.79 Å². The van der Waals surface area contributed by atoms with Crippen molar-refractivity contribution < 1.29 is 14.1 Å². The Balaban J connectivity index is 1.67. The van der Waals surface area contributed by atoms with E-state index in [1.165, 1.54) is 0 Å². The lowest BCUT2D eigenvalue weighted by molar-refractivity contribution is 0.0923. The first kappa shape index (κ1) is 17.5. The van der Waals surface area contributed by atoms with Crippen molar-refractivity contribution in [1.29, 1.82) is 0 Å². The van der Waals surface area contributed by atoms with Gasteiger partial charge in [-0.15, -0.1) is 0 Å². The summed E-state index contributed by atoms with van der Waals surface area (Å²) in [7, 11) is 0. The molecule has 3 heterocycles. The fraction of sp³-hybridized carbons (Fsp3) is 0.556. The number of carbonyl (C=O) groups is 1. The van der Waals surface area contributed by atoms with Crippen LogP contribution in [0.15, 0.2) is 16.8 Å².